The Bertz CT molecular complexity index is 419. The lowest BCUT2D eigenvalue weighted by Gasteiger charge is -2.09. The first-order chi connectivity index (χ1) is 6.86. The predicted octanol–water partition coefficient (Wildman–Crippen LogP) is 3.56. The average molecular weight is 238 g/mol. The third-order valence-corrected chi connectivity index (χ3v) is 2.12. The highest BCUT2D eigenvalue weighted by Gasteiger charge is 2.32. The van der Waals surface area contributed by atoms with E-state index in [9.17, 15) is 17.6 Å². The minimum Gasteiger partial charge on any atom is -0.205 e. The molecule has 0 aromatic heterocycles. The lowest BCUT2D eigenvalue weighted by Crippen LogP contribution is -2.07. The lowest BCUT2D eigenvalue weighted by molar-refractivity contribution is -0.137. The summed E-state index contributed by atoms with van der Waals surface area (Å²) in [5, 5.41) is 7.88. The van der Waals surface area contributed by atoms with Gasteiger partial charge in [0.05, 0.1) is 23.1 Å². The van der Waals surface area contributed by atoms with Gasteiger partial charge in [-0.1, -0.05) is 11.6 Å². The molecular weight excluding hydrogens is 234 g/mol. The minimum atomic E-state index is -4.64. The third-order valence-electron chi connectivity index (χ3n) is 1.70. The molecular formula is C9H4ClF4N. The molecule has 0 unspecified atom stereocenters. The number of hydrogen-bond donors (Lipinski definition) is 0. The van der Waals surface area contributed by atoms with E-state index in [1.807, 2.05) is 0 Å². The number of alkyl halides is 3. The highest BCUT2D eigenvalue weighted by atomic mass is 35.5. The Kier molecular flexibility index (Phi) is 3.20. The van der Waals surface area contributed by atoms with Crippen molar-refractivity contribution in [1.29, 1.82) is 5.26 Å². The van der Waals surface area contributed by atoms with Gasteiger partial charge >= 0.3 is 6.18 Å². The van der Waals surface area contributed by atoms with Crippen LogP contribution < -0.4 is 0 Å². The molecule has 0 saturated heterocycles. The maximum absolute atomic E-state index is 13.0. The van der Waals surface area contributed by atoms with Gasteiger partial charge < -0.3 is 0 Å². The fraction of sp³-hybridized carbons (Fsp3) is 0.222. The van der Waals surface area contributed by atoms with Crippen molar-refractivity contribution in [3.8, 4) is 6.07 Å². The zero-order valence-corrected chi connectivity index (χ0v) is 7.95. The summed E-state index contributed by atoms with van der Waals surface area (Å²) >= 11 is 5.40. The third kappa shape index (κ3) is 2.60. The predicted molar refractivity (Wildman–Crippen MR) is 45.7 cm³/mol. The van der Waals surface area contributed by atoms with Crippen LogP contribution in [0.1, 0.15) is 11.1 Å². The molecule has 15 heavy (non-hydrogen) atoms. The Labute approximate surface area is 87.9 Å². The molecule has 0 atom stereocenters. The second-order valence-electron chi connectivity index (χ2n) is 2.76. The summed E-state index contributed by atoms with van der Waals surface area (Å²) in [6, 6.07) is 2.60. The Morgan fingerprint density at radius 1 is 1.33 bits per heavy atom. The summed E-state index contributed by atoms with van der Waals surface area (Å²) in [6.45, 7) is 0. The molecule has 1 rings (SSSR count). The van der Waals surface area contributed by atoms with E-state index >= 15 is 0 Å². The SMILES string of the molecule is N#CCc1cc(C(F)(F)F)cc(F)c1Cl. The number of nitriles is 1. The Hall–Kier alpha value is -1.28. The van der Waals surface area contributed by atoms with Gasteiger partial charge in [-0.2, -0.15) is 18.4 Å². The molecule has 0 aliphatic carbocycles. The summed E-state index contributed by atoms with van der Waals surface area (Å²) in [7, 11) is 0. The van der Waals surface area contributed by atoms with Crippen molar-refractivity contribution in [3.05, 3.63) is 34.1 Å². The summed E-state index contributed by atoms with van der Waals surface area (Å²) in [4.78, 5) is 0. The van der Waals surface area contributed by atoms with E-state index in [2.05, 4.69) is 0 Å². The smallest absolute Gasteiger partial charge is 0.205 e. The van der Waals surface area contributed by atoms with Crippen LogP contribution in [0.15, 0.2) is 12.1 Å². The van der Waals surface area contributed by atoms with Crippen molar-refractivity contribution in [2.45, 2.75) is 12.6 Å². The van der Waals surface area contributed by atoms with Crippen LogP contribution in [0.2, 0.25) is 5.02 Å². The fourth-order valence-corrected chi connectivity index (χ4v) is 1.20. The van der Waals surface area contributed by atoms with E-state index in [1.54, 1.807) is 6.07 Å². The zero-order valence-electron chi connectivity index (χ0n) is 7.20. The maximum Gasteiger partial charge on any atom is 0.416 e. The Morgan fingerprint density at radius 2 is 1.93 bits per heavy atom. The summed E-state index contributed by atoms with van der Waals surface area (Å²) in [6.07, 6.45) is -5.00. The van der Waals surface area contributed by atoms with Crippen LogP contribution in [0.25, 0.3) is 0 Å². The van der Waals surface area contributed by atoms with Crippen LogP contribution in [0.4, 0.5) is 17.6 Å². The molecule has 0 spiro atoms. The Morgan fingerprint density at radius 3 is 2.40 bits per heavy atom. The molecule has 80 valence electrons. The molecule has 0 amide bonds. The zero-order chi connectivity index (χ0) is 11.6. The molecule has 0 aliphatic heterocycles. The largest absolute Gasteiger partial charge is 0.416 e. The van der Waals surface area contributed by atoms with E-state index in [0.717, 1.165) is 0 Å². The fourth-order valence-electron chi connectivity index (χ4n) is 1.02. The van der Waals surface area contributed by atoms with Crippen molar-refractivity contribution >= 4 is 11.6 Å². The number of rotatable bonds is 1. The van der Waals surface area contributed by atoms with Gasteiger partial charge in [0.25, 0.3) is 0 Å². The minimum absolute atomic E-state index is 0.161. The van der Waals surface area contributed by atoms with Gasteiger partial charge in [-0.15, -0.1) is 0 Å². The number of nitrogens with zero attached hydrogens (tertiary/aromatic N) is 1. The highest BCUT2D eigenvalue weighted by molar-refractivity contribution is 6.31. The van der Waals surface area contributed by atoms with Crippen LogP contribution in [0.3, 0.4) is 0 Å². The standard InChI is InChI=1S/C9H4ClF4N/c10-8-5(1-2-15)3-6(4-7(8)11)9(12,13)14/h3-4H,1H2. The average Bonchev–Trinajstić information content (AvgIpc) is 2.11. The second kappa shape index (κ2) is 4.07. The quantitative estimate of drug-likeness (QED) is 0.685. The molecule has 0 fully saturated rings. The normalized spacial score (nSPS) is 11.2. The summed E-state index contributed by atoms with van der Waals surface area (Å²) < 4.78 is 49.6. The molecule has 0 saturated carbocycles. The molecule has 6 heteroatoms. The monoisotopic (exact) mass is 237 g/mol. The number of hydrogen-bond acceptors (Lipinski definition) is 1. The Balaban J connectivity index is 3.31. The lowest BCUT2D eigenvalue weighted by atomic mass is 10.1. The first-order valence-corrected chi connectivity index (χ1v) is 4.16. The van der Waals surface area contributed by atoms with Gasteiger partial charge in [0.1, 0.15) is 5.82 Å². The van der Waals surface area contributed by atoms with Crippen molar-refractivity contribution in [2.75, 3.05) is 0 Å². The van der Waals surface area contributed by atoms with Crippen LogP contribution in [0.5, 0.6) is 0 Å². The molecule has 0 bridgehead atoms. The topological polar surface area (TPSA) is 23.8 Å². The van der Waals surface area contributed by atoms with Crippen molar-refractivity contribution < 1.29 is 17.6 Å². The van der Waals surface area contributed by atoms with Gasteiger partial charge in [-0.3, -0.25) is 0 Å². The van der Waals surface area contributed by atoms with Crippen LogP contribution in [-0.2, 0) is 12.6 Å². The van der Waals surface area contributed by atoms with E-state index in [0.29, 0.717) is 12.1 Å². The first kappa shape index (κ1) is 11.8. The number of benzene rings is 1. The van der Waals surface area contributed by atoms with Crippen LogP contribution >= 0.6 is 11.6 Å². The van der Waals surface area contributed by atoms with E-state index < -0.39 is 22.6 Å². The number of halogens is 5. The molecule has 1 nitrogen and oxygen atoms in total. The van der Waals surface area contributed by atoms with E-state index in [4.69, 9.17) is 16.9 Å². The maximum atomic E-state index is 13.0. The van der Waals surface area contributed by atoms with Crippen molar-refractivity contribution in [3.63, 3.8) is 0 Å². The summed E-state index contributed by atoms with van der Waals surface area (Å²) in [5.74, 6) is -1.17. The molecule has 1 aromatic rings. The van der Waals surface area contributed by atoms with E-state index in [1.165, 1.54) is 0 Å². The second-order valence-corrected chi connectivity index (χ2v) is 3.14. The summed E-state index contributed by atoms with van der Waals surface area (Å²) in [5.41, 5.74) is -1.30. The van der Waals surface area contributed by atoms with Gasteiger partial charge in [0, 0.05) is 0 Å². The molecule has 0 radical (unpaired) electrons. The van der Waals surface area contributed by atoms with Gasteiger partial charge in [0.2, 0.25) is 0 Å². The van der Waals surface area contributed by atoms with Gasteiger partial charge in [-0.05, 0) is 17.7 Å². The van der Waals surface area contributed by atoms with Crippen molar-refractivity contribution in [2.24, 2.45) is 0 Å². The van der Waals surface area contributed by atoms with Crippen LogP contribution in [-0.4, -0.2) is 0 Å². The van der Waals surface area contributed by atoms with E-state index in [-0.39, 0.29) is 12.0 Å². The van der Waals surface area contributed by atoms with Gasteiger partial charge in [-0.25, -0.2) is 4.39 Å². The molecule has 0 aliphatic rings. The molecule has 0 heterocycles. The van der Waals surface area contributed by atoms with Gasteiger partial charge in [0.15, 0.2) is 0 Å². The first-order valence-electron chi connectivity index (χ1n) is 3.78. The van der Waals surface area contributed by atoms with Crippen molar-refractivity contribution in [1.82, 2.24) is 0 Å². The molecule has 0 N–H and O–H groups in total. The molecule has 1 aromatic carbocycles. The van der Waals surface area contributed by atoms with Crippen LogP contribution in [0, 0.1) is 17.1 Å². The highest BCUT2D eigenvalue weighted by Crippen LogP contribution is 2.33.